The van der Waals surface area contributed by atoms with E-state index in [1.807, 2.05) is 36.6 Å². The molecule has 0 spiro atoms. The fourth-order valence-corrected chi connectivity index (χ4v) is 10.7. The first-order valence-electron chi connectivity index (χ1n) is 15.1. The van der Waals surface area contributed by atoms with Gasteiger partial charge in [0.1, 0.15) is 6.01 Å². The van der Waals surface area contributed by atoms with E-state index in [0.717, 1.165) is 14.7 Å². The van der Waals surface area contributed by atoms with Gasteiger partial charge in [-0.2, -0.15) is 0 Å². The van der Waals surface area contributed by atoms with Gasteiger partial charge in [0.15, 0.2) is 17.1 Å². The van der Waals surface area contributed by atoms with E-state index in [4.69, 9.17) is 4.74 Å². The number of fused-ring (bicyclic) bond motifs is 5. The molecule has 0 amide bonds. The van der Waals surface area contributed by atoms with Crippen LogP contribution < -0.4 is 0 Å². The van der Waals surface area contributed by atoms with Crippen LogP contribution in [0, 0.1) is 22.7 Å². The van der Waals surface area contributed by atoms with Crippen molar-refractivity contribution in [2.24, 2.45) is 22.7 Å². The van der Waals surface area contributed by atoms with E-state index in [1.54, 1.807) is 55.6 Å². The van der Waals surface area contributed by atoms with Gasteiger partial charge in [0, 0.05) is 31.4 Å². The molecule has 3 saturated carbocycles. The van der Waals surface area contributed by atoms with Crippen LogP contribution in [-0.4, -0.2) is 51.6 Å². The summed E-state index contributed by atoms with van der Waals surface area (Å²) >= 11 is 3.67. The Morgan fingerprint density at radius 1 is 1.04 bits per heavy atom. The number of thioether (sulfide) groups is 2. The number of alkyl halides is 2. The lowest BCUT2D eigenvalue weighted by molar-refractivity contribution is -0.214. The SMILES string of the molecule is CSc1cccc(Sc2ccc(C(=O)O[C@]3(C(=O)SCF)CCC4C5CCC6=CC(=O)C=C[C@]6(C)C5(F)[C@@H](O)C[C@@]43C)cc2)c1. The van der Waals surface area contributed by atoms with Crippen molar-refractivity contribution in [1.82, 2.24) is 0 Å². The number of halogens is 2. The Hall–Kier alpha value is -2.40. The molecule has 0 saturated heterocycles. The highest BCUT2D eigenvalue weighted by Gasteiger charge is 2.75. The van der Waals surface area contributed by atoms with Crippen LogP contribution >= 0.6 is 35.3 Å². The lowest BCUT2D eigenvalue weighted by atomic mass is 9.45. The molecule has 10 heteroatoms. The number of esters is 1. The Morgan fingerprint density at radius 3 is 2.49 bits per heavy atom. The number of aliphatic hydroxyl groups excluding tert-OH is 1. The fraction of sp³-hybridized carbons (Fsp3) is 0.457. The Balaban J connectivity index is 1.29. The van der Waals surface area contributed by atoms with Gasteiger partial charge in [-0.05, 0) is 118 Å². The summed E-state index contributed by atoms with van der Waals surface area (Å²) < 4.78 is 37.4. The molecule has 2 aromatic carbocycles. The summed E-state index contributed by atoms with van der Waals surface area (Å²) in [6.07, 6.45) is 6.14. The van der Waals surface area contributed by atoms with Gasteiger partial charge in [-0.1, -0.05) is 36.4 Å². The molecule has 3 fully saturated rings. The maximum absolute atomic E-state index is 17.5. The first-order valence-corrected chi connectivity index (χ1v) is 18.1. The molecule has 45 heavy (non-hydrogen) atoms. The molecule has 4 aliphatic rings. The molecular formula is C35H36F2O5S3. The molecule has 238 valence electrons. The van der Waals surface area contributed by atoms with Crippen LogP contribution in [0.25, 0.3) is 0 Å². The highest BCUT2D eigenvalue weighted by atomic mass is 32.2. The molecule has 0 heterocycles. The van der Waals surface area contributed by atoms with Crippen LogP contribution in [0.15, 0.2) is 87.0 Å². The zero-order chi connectivity index (χ0) is 32.2. The van der Waals surface area contributed by atoms with Gasteiger partial charge < -0.3 is 9.84 Å². The van der Waals surface area contributed by atoms with Gasteiger partial charge in [-0.25, -0.2) is 13.6 Å². The molecule has 6 rings (SSSR count). The summed E-state index contributed by atoms with van der Waals surface area (Å²) in [5.41, 5.74) is -5.23. The molecule has 0 bridgehead atoms. The maximum Gasteiger partial charge on any atom is 0.339 e. The van der Waals surface area contributed by atoms with Gasteiger partial charge in [-0.15, -0.1) is 11.8 Å². The largest absolute Gasteiger partial charge is 0.446 e. The molecule has 0 radical (unpaired) electrons. The normalized spacial score (nSPS) is 35.2. The van der Waals surface area contributed by atoms with E-state index in [2.05, 4.69) is 6.07 Å². The molecule has 7 atom stereocenters. The van der Waals surface area contributed by atoms with Crippen LogP contribution in [0.5, 0.6) is 0 Å². The van der Waals surface area contributed by atoms with Gasteiger partial charge in [0.2, 0.25) is 5.12 Å². The van der Waals surface area contributed by atoms with Crippen LogP contribution in [0.2, 0.25) is 0 Å². The summed E-state index contributed by atoms with van der Waals surface area (Å²) in [5, 5.41) is 11.1. The molecule has 3 unspecified atom stereocenters. The summed E-state index contributed by atoms with van der Waals surface area (Å²) in [5.74, 6) is -1.98. The summed E-state index contributed by atoms with van der Waals surface area (Å²) in [6, 6.07) is 14.1. The molecular weight excluding hydrogens is 635 g/mol. The van der Waals surface area contributed by atoms with Crippen molar-refractivity contribution in [1.29, 1.82) is 0 Å². The number of allylic oxidation sites excluding steroid dienone is 4. The van der Waals surface area contributed by atoms with Gasteiger partial charge in [-0.3, -0.25) is 9.59 Å². The minimum Gasteiger partial charge on any atom is -0.446 e. The van der Waals surface area contributed by atoms with Crippen LogP contribution in [0.3, 0.4) is 0 Å². The number of benzene rings is 2. The molecule has 0 aromatic heterocycles. The average Bonchev–Trinajstić information content (AvgIpc) is 3.30. The average molecular weight is 671 g/mol. The van der Waals surface area contributed by atoms with Crippen molar-refractivity contribution in [3.8, 4) is 0 Å². The van der Waals surface area contributed by atoms with Crippen LogP contribution in [0.1, 0.15) is 56.3 Å². The topological polar surface area (TPSA) is 80.7 Å². The zero-order valence-corrected chi connectivity index (χ0v) is 27.8. The van der Waals surface area contributed by atoms with Gasteiger partial charge in [0.05, 0.1) is 11.7 Å². The Kier molecular flexibility index (Phi) is 8.68. The van der Waals surface area contributed by atoms with Crippen molar-refractivity contribution in [3.63, 3.8) is 0 Å². The zero-order valence-electron chi connectivity index (χ0n) is 25.4. The summed E-state index contributed by atoms with van der Waals surface area (Å²) in [7, 11) is 0. The van der Waals surface area contributed by atoms with Crippen molar-refractivity contribution in [2.75, 3.05) is 12.3 Å². The fourth-order valence-electron chi connectivity index (χ4n) is 8.59. The van der Waals surface area contributed by atoms with E-state index in [-0.39, 0.29) is 24.2 Å². The minimum atomic E-state index is -2.09. The number of hydrogen-bond acceptors (Lipinski definition) is 8. The third-order valence-corrected chi connectivity index (χ3v) is 13.3. The van der Waals surface area contributed by atoms with Crippen molar-refractivity contribution in [3.05, 3.63) is 77.9 Å². The number of carbonyl (C=O) groups excluding carboxylic acids is 3. The van der Waals surface area contributed by atoms with E-state index in [9.17, 15) is 23.9 Å². The third kappa shape index (κ3) is 5.06. The van der Waals surface area contributed by atoms with E-state index in [1.165, 1.54) is 12.2 Å². The maximum atomic E-state index is 17.5. The van der Waals surface area contributed by atoms with E-state index < -0.39 is 57.1 Å². The van der Waals surface area contributed by atoms with Crippen molar-refractivity contribution < 1.29 is 33.0 Å². The lowest BCUT2D eigenvalue weighted by Crippen LogP contribution is -2.69. The minimum absolute atomic E-state index is 0.110. The Bertz CT molecular complexity index is 1590. The highest BCUT2D eigenvalue weighted by Crippen LogP contribution is 2.70. The Morgan fingerprint density at radius 2 is 1.78 bits per heavy atom. The molecule has 4 aliphatic carbocycles. The number of rotatable bonds is 7. The first-order chi connectivity index (χ1) is 21.4. The van der Waals surface area contributed by atoms with Crippen molar-refractivity contribution in [2.45, 2.75) is 78.0 Å². The van der Waals surface area contributed by atoms with Crippen LogP contribution in [-0.2, 0) is 14.3 Å². The standard InChI is InChI=1S/C35H36F2O5S3/c1-32-15-13-23(38)17-22(32)9-12-28-27-14-16-34(31(41)44-20-36,33(27,2)19-29(39)35(28,32)37)42-30(40)21-7-10-24(11-8-21)45-26-6-4-5-25(18-26)43-3/h4-8,10-11,13,15,17-18,27-29,39H,9,12,14,16,19-20H2,1-3H3/t27?,28?,29-,32-,33-,34-,35?/m0/s1. The molecule has 2 aromatic rings. The summed E-state index contributed by atoms with van der Waals surface area (Å²) in [6.45, 7) is 3.52. The monoisotopic (exact) mass is 670 g/mol. The van der Waals surface area contributed by atoms with E-state index >= 15 is 4.39 Å². The quantitative estimate of drug-likeness (QED) is 0.235. The predicted molar refractivity (Wildman–Crippen MR) is 174 cm³/mol. The smallest absolute Gasteiger partial charge is 0.339 e. The predicted octanol–water partition coefficient (Wildman–Crippen LogP) is 8.01. The molecule has 0 aliphatic heterocycles. The second-order valence-electron chi connectivity index (χ2n) is 12.9. The highest BCUT2D eigenvalue weighted by molar-refractivity contribution is 8.13. The summed E-state index contributed by atoms with van der Waals surface area (Å²) in [4.78, 5) is 42.8. The number of hydrogen-bond donors (Lipinski definition) is 1. The molecule has 5 nitrogen and oxygen atoms in total. The molecule has 1 N–H and O–H groups in total. The second kappa shape index (κ2) is 12.0. The van der Waals surface area contributed by atoms with Crippen molar-refractivity contribution >= 4 is 52.2 Å². The third-order valence-electron chi connectivity index (χ3n) is 10.9. The van der Waals surface area contributed by atoms with Gasteiger partial charge in [0.25, 0.3) is 0 Å². The lowest BCUT2D eigenvalue weighted by Gasteiger charge is -2.62. The van der Waals surface area contributed by atoms with Gasteiger partial charge >= 0.3 is 5.97 Å². The first kappa shape index (κ1) is 32.5. The van der Waals surface area contributed by atoms with Crippen LogP contribution in [0.4, 0.5) is 8.78 Å². The number of aliphatic hydroxyl groups is 1. The number of ketones is 1. The van der Waals surface area contributed by atoms with E-state index in [0.29, 0.717) is 36.6 Å². The second-order valence-corrected chi connectivity index (χ2v) is 15.8. The number of ether oxygens (including phenoxy) is 1. The number of carbonyl (C=O) groups is 3. The Labute approximate surface area is 275 Å².